The summed E-state index contributed by atoms with van der Waals surface area (Å²) in [5.41, 5.74) is 0.993. The molecule has 0 aliphatic heterocycles. The summed E-state index contributed by atoms with van der Waals surface area (Å²) in [6, 6.07) is 7.33. The molecule has 0 bridgehead atoms. The minimum Gasteiger partial charge on any atom is -0.478 e. The van der Waals surface area contributed by atoms with Crippen molar-refractivity contribution in [3.8, 4) is 0 Å². The Labute approximate surface area is 123 Å². The summed E-state index contributed by atoms with van der Waals surface area (Å²) >= 11 is 3.19. The fourth-order valence-electron chi connectivity index (χ4n) is 1.52. The van der Waals surface area contributed by atoms with Crippen LogP contribution in [0.4, 0.5) is 16.2 Å². The van der Waals surface area contributed by atoms with Gasteiger partial charge in [0, 0.05) is 16.4 Å². The van der Waals surface area contributed by atoms with Gasteiger partial charge >= 0.3 is 12.0 Å². The monoisotopic (exact) mass is 335 g/mol. The second-order valence-electron chi connectivity index (χ2n) is 3.85. The van der Waals surface area contributed by atoms with Crippen molar-refractivity contribution in [1.29, 1.82) is 0 Å². The summed E-state index contributed by atoms with van der Waals surface area (Å²) in [4.78, 5) is 26.6. The van der Waals surface area contributed by atoms with Crippen LogP contribution in [0.5, 0.6) is 0 Å². The van der Waals surface area contributed by atoms with Crippen molar-refractivity contribution in [2.24, 2.45) is 0 Å². The number of hydrogen-bond acceptors (Lipinski definition) is 3. The van der Waals surface area contributed by atoms with Crippen LogP contribution >= 0.6 is 15.9 Å². The van der Waals surface area contributed by atoms with Gasteiger partial charge in [-0.15, -0.1) is 0 Å². The summed E-state index contributed by atoms with van der Waals surface area (Å²) < 4.78 is 0.564. The second kappa shape index (κ2) is 6.16. The molecule has 1 heterocycles. The van der Waals surface area contributed by atoms with E-state index in [1.54, 1.807) is 24.4 Å². The van der Waals surface area contributed by atoms with Gasteiger partial charge in [-0.1, -0.05) is 15.9 Å². The number of carbonyl (C=O) groups excluding carboxylic acids is 1. The topological polar surface area (TPSA) is 91.3 Å². The quantitative estimate of drug-likeness (QED) is 0.803. The standard InChI is InChI=1S/C13H10BrN3O3/c14-9-4-8(12(18)19)5-11(6-9)17-13(20)16-10-2-1-3-15-7-10/h1-7H,(H,18,19)(H2,16,17,20). The lowest BCUT2D eigenvalue weighted by atomic mass is 10.2. The molecule has 2 amide bonds. The number of nitrogens with one attached hydrogen (secondary N) is 2. The number of hydrogen-bond donors (Lipinski definition) is 3. The van der Waals surface area contributed by atoms with Gasteiger partial charge in [0.1, 0.15) is 0 Å². The number of amides is 2. The summed E-state index contributed by atoms with van der Waals surface area (Å²) in [5, 5.41) is 14.1. The van der Waals surface area contributed by atoms with Crippen molar-refractivity contribution in [1.82, 2.24) is 4.98 Å². The van der Waals surface area contributed by atoms with Crippen molar-refractivity contribution < 1.29 is 14.7 Å². The van der Waals surface area contributed by atoms with Crippen LogP contribution in [0.1, 0.15) is 10.4 Å². The Bertz CT molecular complexity index is 647. The molecule has 0 saturated heterocycles. The summed E-state index contributed by atoms with van der Waals surface area (Å²) in [5.74, 6) is -1.07. The highest BCUT2D eigenvalue weighted by atomic mass is 79.9. The predicted molar refractivity (Wildman–Crippen MR) is 78.0 cm³/mol. The van der Waals surface area contributed by atoms with Gasteiger partial charge in [-0.05, 0) is 30.3 Å². The third kappa shape index (κ3) is 3.79. The van der Waals surface area contributed by atoms with Crippen LogP contribution < -0.4 is 10.6 Å². The molecule has 0 saturated carbocycles. The zero-order valence-corrected chi connectivity index (χ0v) is 11.7. The second-order valence-corrected chi connectivity index (χ2v) is 4.77. The Morgan fingerprint density at radius 2 is 1.90 bits per heavy atom. The number of urea groups is 1. The number of halogens is 1. The Kier molecular flexibility index (Phi) is 4.31. The number of carboxylic acids is 1. The minimum atomic E-state index is -1.07. The van der Waals surface area contributed by atoms with Gasteiger partial charge in [0.05, 0.1) is 17.4 Å². The number of rotatable bonds is 3. The van der Waals surface area contributed by atoms with Crippen molar-refractivity contribution in [2.45, 2.75) is 0 Å². The highest BCUT2D eigenvalue weighted by molar-refractivity contribution is 9.10. The number of anilines is 2. The van der Waals surface area contributed by atoms with E-state index in [4.69, 9.17) is 5.11 Å². The molecule has 6 nitrogen and oxygen atoms in total. The maximum absolute atomic E-state index is 11.8. The average Bonchev–Trinajstić information content (AvgIpc) is 2.38. The lowest BCUT2D eigenvalue weighted by molar-refractivity contribution is 0.0697. The van der Waals surface area contributed by atoms with Crippen LogP contribution in [-0.4, -0.2) is 22.1 Å². The van der Waals surface area contributed by atoms with Crippen LogP contribution in [0.25, 0.3) is 0 Å². The number of nitrogens with zero attached hydrogens (tertiary/aromatic N) is 1. The van der Waals surface area contributed by atoms with E-state index >= 15 is 0 Å². The van der Waals surface area contributed by atoms with Crippen LogP contribution in [0.2, 0.25) is 0 Å². The fraction of sp³-hybridized carbons (Fsp3) is 0. The van der Waals surface area contributed by atoms with Crippen molar-refractivity contribution >= 4 is 39.3 Å². The van der Waals surface area contributed by atoms with Crippen molar-refractivity contribution in [3.63, 3.8) is 0 Å². The zero-order valence-electron chi connectivity index (χ0n) is 10.1. The van der Waals surface area contributed by atoms with E-state index in [0.29, 0.717) is 15.8 Å². The van der Waals surface area contributed by atoms with E-state index in [2.05, 4.69) is 31.5 Å². The first kappa shape index (κ1) is 14.0. The van der Waals surface area contributed by atoms with Gasteiger partial charge < -0.3 is 15.7 Å². The van der Waals surface area contributed by atoms with Crippen LogP contribution in [0.3, 0.4) is 0 Å². The largest absolute Gasteiger partial charge is 0.478 e. The molecule has 0 aliphatic rings. The number of carbonyl (C=O) groups is 2. The van der Waals surface area contributed by atoms with E-state index < -0.39 is 12.0 Å². The maximum atomic E-state index is 11.8. The molecule has 2 aromatic rings. The zero-order chi connectivity index (χ0) is 14.5. The number of benzene rings is 1. The van der Waals surface area contributed by atoms with Gasteiger partial charge in [-0.3, -0.25) is 4.98 Å². The molecular weight excluding hydrogens is 326 g/mol. The molecule has 1 aromatic heterocycles. The molecule has 0 aliphatic carbocycles. The lowest BCUT2D eigenvalue weighted by Crippen LogP contribution is -2.19. The van der Waals surface area contributed by atoms with Gasteiger partial charge in [-0.2, -0.15) is 0 Å². The molecular formula is C13H10BrN3O3. The maximum Gasteiger partial charge on any atom is 0.335 e. The van der Waals surface area contributed by atoms with Crippen LogP contribution in [0.15, 0.2) is 47.2 Å². The number of aromatic carboxylic acids is 1. The average molecular weight is 336 g/mol. The van der Waals surface area contributed by atoms with Crippen molar-refractivity contribution in [2.75, 3.05) is 10.6 Å². The smallest absolute Gasteiger partial charge is 0.335 e. The molecule has 0 unspecified atom stereocenters. The lowest BCUT2D eigenvalue weighted by Gasteiger charge is -2.08. The van der Waals surface area contributed by atoms with E-state index in [0.717, 1.165) is 0 Å². The van der Waals surface area contributed by atoms with E-state index in [1.807, 2.05) is 0 Å². The third-order valence-electron chi connectivity index (χ3n) is 2.32. The normalized spacial score (nSPS) is 9.85. The summed E-state index contributed by atoms with van der Waals surface area (Å²) in [6.07, 6.45) is 3.10. The molecule has 20 heavy (non-hydrogen) atoms. The highest BCUT2D eigenvalue weighted by Gasteiger charge is 2.08. The van der Waals surface area contributed by atoms with E-state index in [9.17, 15) is 9.59 Å². The van der Waals surface area contributed by atoms with E-state index in [-0.39, 0.29) is 5.56 Å². The Hall–Kier alpha value is -2.41. The number of aromatic nitrogens is 1. The molecule has 0 atom stereocenters. The number of carboxylic acid groups (broad SMARTS) is 1. The molecule has 0 fully saturated rings. The molecule has 3 N–H and O–H groups in total. The van der Waals surface area contributed by atoms with Gasteiger partial charge in [-0.25, -0.2) is 9.59 Å². The van der Waals surface area contributed by atoms with Crippen LogP contribution in [-0.2, 0) is 0 Å². The Morgan fingerprint density at radius 3 is 2.55 bits per heavy atom. The third-order valence-corrected chi connectivity index (χ3v) is 2.78. The van der Waals surface area contributed by atoms with Crippen molar-refractivity contribution in [3.05, 3.63) is 52.8 Å². The summed E-state index contributed by atoms with van der Waals surface area (Å²) in [7, 11) is 0. The Balaban J connectivity index is 2.10. The number of pyridine rings is 1. The van der Waals surface area contributed by atoms with E-state index in [1.165, 1.54) is 18.3 Å². The summed E-state index contributed by atoms with van der Waals surface area (Å²) in [6.45, 7) is 0. The fourth-order valence-corrected chi connectivity index (χ4v) is 2.01. The highest BCUT2D eigenvalue weighted by Crippen LogP contribution is 2.20. The van der Waals surface area contributed by atoms with Gasteiger partial charge in [0.15, 0.2) is 0 Å². The van der Waals surface area contributed by atoms with Gasteiger partial charge in [0.25, 0.3) is 0 Å². The predicted octanol–water partition coefficient (Wildman–Crippen LogP) is 3.19. The van der Waals surface area contributed by atoms with Crippen LogP contribution in [0, 0.1) is 0 Å². The Morgan fingerprint density at radius 1 is 1.15 bits per heavy atom. The molecule has 1 aromatic carbocycles. The minimum absolute atomic E-state index is 0.0797. The first-order valence-corrected chi connectivity index (χ1v) is 6.36. The first-order chi connectivity index (χ1) is 9.54. The SMILES string of the molecule is O=C(Nc1cccnc1)Nc1cc(Br)cc(C(=O)O)c1. The first-order valence-electron chi connectivity index (χ1n) is 5.56. The molecule has 7 heteroatoms. The molecule has 102 valence electrons. The van der Waals surface area contributed by atoms with Gasteiger partial charge in [0.2, 0.25) is 0 Å². The molecule has 0 radical (unpaired) electrons. The molecule has 2 rings (SSSR count). The molecule has 0 spiro atoms.